The summed E-state index contributed by atoms with van der Waals surface area (Å²) in [7, 11) is -3.31. The molecule has 2 heterocycles. The molecular formula is C30H35O7P. The highest BCUT2D eigenvalue weighted by molar-refractivity contribution is 7.54. The van der Waals surface area contributed by atoms with Gasteiger partial charge in [-0.1, -0.05) is 91.0 Å². The Balaban J connectivity index is 1.37. The molecule has 0 spiro atoms. The molecule has 0 bridgehead atoms. The molecule has 202 valence electrons. The Morgan fingerprint density at radius 3 is 1.84 bits per heavy atom. The van der Waals surface area contributed by atoms with Crippen LogP contribution in [-0.4, -0.2) is 49.9 Å². The highest BCUT2D eigenvalue weighted by atomic mass is 31.2. The molecule has 3 aromatic carbocycles. The summed E-state index contributed by atoms with van der Waals surface area (Å²) in [6.07, 6.45) is -2.33. The molecule has 3 aromatic rings. The Morgan fingerprint density at radius 1 is 0.763 bits per heavy atom. The zero-order chi connectivity index (χ0) is 26.2. The van der Waals surface area contributed by atoms with Crippen LogP contribution in [0.1, 0.15) is 23.6 Å². The zero-order valence-corrected chi connectivity index (χ0v) is 22.5. The van der Waals surface area contributed by atoms with Gasteiger partial charge in [0.2, 0.25) is 0 Å². The first-order chi connectivity index (χ1) is 18.6. The number of rotatable bonds is 12. The highest BCUT2D eigenvalue weighted by Gasteiger charge is 2.56. The van der Waals surface area contributed by atoms with Crippen LogP contribution in [0.15, 0.2) is 91.0 Å². The van der Waals surface area contributed by atoms with Crippen LogP contribution in [0.25, 0.3) is 0 Å². The van der Waals surface area contributed by atoms with Crippen molar-refractivity contribution in [3.8, 4) is 0 Å². The minimum Gasteiger partial charge on any atom is -0.374 e. The van der Waals surface area contributed by atoms with E-state index < -0.39 is 38.1 Å². The minimum atomic E-state index is -3.31. The molecular weight excluding hydrogens is 503 g/mol. The number of hydrogen-bond donors (Lipinski definition) is 0. The third kappa shape index (κ3) is 6.99. The fourth-order valence-electron chi connectivity index (χ4n) is 4.92. The molecule has 0 saturated carbocycles. The van der Waals surface area contributed by atoms with Crippen LogP contribution >= 0.6 is 7.60 Å². The Kier molecular flexibility index (Phi) is 9.41. The summed E-state index contributed by atoms with van der Waals surface area (Å²) in [5, 5.41) is 0. The summed E-state index contributed by atoms with van der Waals surface area (Å²) in [5.74, 6) is 0. The molecule has 0 unspecified atom stereocenters. The van der Waals surface area contributed by atoms with Crippen LogP contribution in [-0.2, 0) is 52.4 Å². The number of fused-ring (bicyclic) bond motifs is 1. The van der Waals surface area contributed by atoms with Gasteiger partial charge in [-0.25, -0.2) is 0 Å². The van der Waals surface area contributed by atoms with Gasteiger partial charge in [0.25, 0.3) is 0 Å². The lowest BCUT2D eigenvalue weighted by atomic mass is 9.95. The van der Waals surface area contributed by atoms with Crippen molar-refractivity contribution in [2.45, 2.75) is 57.3 Å². The maximum Gasteiger partial charge on any atom is 0.333 e. The van der Waals surface area contributed by atoms with Gasteiger partial charge in [0.1, 0.15) is 24.4 Å². The fourth-order valence-corrected chi connectivity index (χ4v) is 6.93. The molecule has 0 aromatic heterocycles. The lowest BCUT2D eigenvalue weighted by molar-refractivity contribution is -0.245. The lowest BCUT2D eigenvalue weighted by Crippen LogP contribution is -2.59. The van der Waals surface area contributed by atoms with Crippen molar-refractivity contribution < 1.29 is 32.6 Å². The van der Waals surface area contributed by atoms with Gasteiger partial charge in [-0.05, 0) is 23.6 Å². The fraction of sp³-hybridized carbons (Fsp3) is 0.400. The maximum atomic E-state index is 13.3. The van der Waals surface area contributed by atoms with Gasteiger partial charge in [-0.3, -0.25) is 9.09 Å². The molecule has 38 heavy (non-hydrogen) atoms. The molecule has 7 nitrogen and oxygen atoms in total. The van der Waals surface area contributed by atoms with E-state index in [0.29, 0.717) is 33.0 Å². The van der Waals surface area contributed by atoms with Gasteiger partial charge >= 0.3 is 7.60 Å². The molecule has 0 N–H and O–H groups in total. The van der Waals surface area contributed by atoms with E-state index in [1.54, 1.807) is 6.92 Å². The quantitative estimate of drug-likeness (QED) is 0.271. The SMILES string of the molecule is CCO[P@]1(=O)C[C@H]2O[C@H](COCc3ccccc3)[C@@H](OCc3ccccc3)[C@H](OCc3ccccc3)[C@H]2O1. The van der Waals surface area contributed by atoms with Crippen molar-refractivity contribution in [2.24, 2.45) is 0 Å². The van der Waals surface area contributed by atoms with Gasteiger partial charge in [-0.2, -0.15) is 0 Å². The lowest BCUT2D eigenvalue weighted by Gasteiger charge is -2.43. The van der Waals surface area contributed by atoms with Crippen LogP contribution in [0.5, 0.6) is 0 Å². The van der Waals surface area contributed by atoms with E-state index in [-0.39, 0.29) is 6.16 Å². The van der Waals surface area contributed by atoms with Gasteiger partial charge in [0, 0.05) is 0 Å². The molecule has 2 aliphatic heterocycles. The average Bonchev–Trinajstić information content (AvgIpc) is 3.28. The van der Waals surface area contributed by atoms with Crippen molar-refractivity contribution in [1.82, 2.24) is 0 Å². The molecule has 8 heteroatoms. The van der Waals surface area contributed by atoms with Gasteiger partial charge in [-0.15, -0.1) is 0 Å². The van der Waals surface area contributed by atoms with Crippen LogP contribution in [0.2, 0.25) is 0 Å². The predicted molar refractivity (Wildman–Crippen MR) is 144 cm³/mol. The van der Waals surface area contributed by atoms with Crippen LogP contribution in [0.3, 0.4) is 0 Å². The Hall–Kier alpha value is -2.35. The summed E-state index contributed by atoms with van der Waals surface area (Å²) >= 11 is 0. The van der Waals surface area contributed by atoms with Gasteiger partial charge in [0.15, 0.2) is 0 Å². The van der Waals surface area contributed by atoms with Crippen LogP contribution in [0.4, 0.5) is 0 Å². The molecule has 0 aliphatic carbocycles. The standard InChI is InChI=1S/C30H35O7P/c1-2-35-38(31)22-27-29(37-38)30(34-20-25-16-10-5-11-17-25)28(33-19-24-14-8-4-9-15-24)26(36-27)21-32-18-23-12-6-3-7-13-23/h3-17,26-30H,2,18-22H2,1H3/t26-,27-,28-,29+,30+,38-/m1/s1. The van der Waals surface area contributed by atoms with Gasteiger partial charge in [0.05, 0.1) is 45.3 Å². The van der Waals surface area contributed by atoms with E-state index in [9.17, 15) is 4.57 Å². The second kappa shape index (κ2) is 13.1. The Morgan fingerprint density at radius 2 is 1.29 bits per heavy atom. The van der Waals surface area contributed by atoms with E-state index in [1.165, 1.54) is 0 Å². The topological polar surface area (TPSA) is 72.5 Å². The van der Waals surface area contributed by atoms with E-state index in [2.05, 4.69) is 0 Å². The number of hydrogen-bond acceptors (Lipinski definition) is 7. The summed E-state index contributed by atoms with van der Waals surface area (Å²) in [6.45, 7) is 3.58. The predicted octanol–water partition coefficient (Wildman–Crippen LogP) is 5.77. The minimum absolute atomic E-state index is 0.178. The Bertz CT molecular complexity index is 1160. The second-order valence-corrected chi connectivity index (χ2v) is 11.6. The van der Waals surface area contributed by atoms with Crippen molar-refractivity contribution in [1.29, 1.82) is 0 Å². The number of ether oxygens (including phenoxy) is 4. The summed E-state index contributed by atoms with van der Waals surface area (Å²) in [6, 6.07) is 29.9. The molecule has 6 atom stereocenters. The average molecular weight is 539 g/mol. The van der Waals surface area contributed by atoms with Gasteiger partial charge < -0.3 is 23.5 Å². The maximum absolute atomic E-state index is 13.3. The first kappa shape index (κ1) is 27.2. The summed E-state index contributed by atoms with van der Waals surface area (Å²) in [5.41, 5.74) is 3.14. The summed E-state index contributed by atoms with van der Waals surface area (Å²) < 4.78 is 50.5. The normalized spacial score (nSPS) is 28.7. The van der Waals surface area contributed by atoms with E-state index >= 15 is 0 Å². The monoisotopic (exact) mass is 538 g/mol. The molecule has 0 amide bonds. The first-order valence-corrected chi connectivity index (χ1v) is 14.9. The van der Waals surface area contributed by atoms with E-state index in [4.69, 9.17) is 28.0 Å². The third-order valence-corrected chi connectivity index (χ3v) is 8.73. The zero-order valence-electron chi connectivity index (χ0n) is 21.6. The first-order valence-electron chi connectivity index (χ1n) is 13.1. The summed E-state index contributed by atoms with van der Waals surface area (Å²) in [4.78, 5) is 0. The van der Waals surface area contributed by atoms with E-state index in [1.807, 2.05) is 91.0 Å². The van der Waals surface area contributed by atoms with Crippen molar-refractivity contribution in [3.63, 3.8) is 0 Å². The largest absolute Gasteiger partial charge is 0.374 e. The van der Waals surface area contributed by atoms with Crippen molar-refractivity contribution in [2.75, 3.05) is 19.4 Å². The van der Waals surface area contributed by atoms with Crippen LogP contribution < -0.4 is 0 Å². The molecule has 2 aliphatic rings. The van der Waals surface area contributed by atoms with Crippen molar-refractivity contribution >= 4 is 7.60 Å². The third-order valence-electron chi connectivity index (χ3n) is 6.71. The van der Waals surface area contributed by atoms with E-state index in [0.717, 1.165) is 16.7 Å². The molecule has 2 saturated heterocycles. The highest BCUT2D eigenvalue weighted by Crippen LogP contribution is 2.58. The van der Waals surface area contributed by atoms with Crippen LogP contribution in [0, 0.1) is 0 Å². The number of benzene rings is 3. The Labute approximate surface area is 224 Å². The smallest absolute Gasteiger partial charge is 0.333 e. The molecule has 0 radical (unpaired) electrons. The van der Waals surface area contributed by atoms with Crippen molar-refractivity contribution in [3.05, 3.63) is 108 Å². The second-order valence-electron chi connectivity index (χ2n) is 9.52. The molecule has 5 rings (SSSR count). The molecule has 2 fully saturated rings.